The van der Waals surface area contributed by atoms with E-state index in [1.807, 2.05) is 24.3 Å². The monoisotopic (exact) mass is 443 g/mol. The van der Waals surface area contributed by atoms with Crippen LogP contribution in [0.25, 0.3) is 11.4 Å². The van der Waals surface area contributed by atoms with Crippen LogP contribution >= 0.6 is 0 Å². The van der Waals surface area contributed by atoms with Crippen molar-refractivity contribution < 1.29 is 14.2 Å². The van der Waals surface area contributed by atoms with E-state index < -0.39 is 0 Å². The van der Waals surface area contributed by atoms with E-state index in [9.17, 15) is 4.79 Å². The van der Waals surface area contributed by atoms with Gasteiger partial charge in [0, 0.05) is 57.7 Å². The Balaban J connectivity index is 1.32. The first-order chi connectivity index (χ1) is 16.2. The van der Waals surface area contributed by atoms with Gasteiger partial charge in [-0.2, -0.15) is 0 Å². The second-order valence-corrected chi connectivity index (χ2v) is 7.90. The van der Waals surface area contributed by atoms with Crippen LogP contribution in [0.1, 0.15) is 16.1 Å². The molecule has 2 aromatic heterocycles. The Labute approximate surface area is 193 Å². The number of nitrogens with one attached hydrogen (secondary N) is 1. The molecular formula is C23H24BN6O3. The van der Waals surface area contributed by atoms with Gasteiger partial charge in [0.2, 0.25) is 0 Å². The maximum absolute atomic E-state index is 13.1. The van der Waals surface area contributed by atoms with Gasteiger partial charge in [0.25, 0.3) is 5.91 Å². The molecule has 1 radical (unpaired) electrons. The van der Waals surface area contributed by atoms with E-state index >= 15 is 0 Å². The number of hydrogen-bond acceptors (Lipinski definition) is 8. The van der Waals surface area contributed by atoms with Crippen molar-refractivity contribution in [1.29, 1.82) is 0 Å². The summed E-state index contributed by atoms with van der Waals surface area (Å²) in [6.45, 7) is 3.99. The number of fused-ring (bicyclic) bond motifs is 1. The zero-order valence-electron chi connectivity index (χ0n) is 18.4. The van der Waals surface area contributed by atoms with Gasteiger partial charge in [-0.25, -0.2) is 9.97 Å². The molecule has 4 heterocycles. The molecule has 33 heavy (non-hydrogen) atoms. The van der Waals surface area contributed by atoms with Gasteiger partial charge in [0.1, 0.15) is 11.4 Å². The quantitative estimate of drug-likeness (QED) is 0.579. The van der Waals surface area contributed by atoms with Crippen molar-refractivity contribution in [2.75, 3.05) is 50.1 Å². The van der Waals surface area contributed by atoms with E-state index in [0.29, 0.717) is 23.8 Å². The highest BCUT2D eigenvalue weighted by Crippen LogP contribution is 2.29. The van der Waals surface area contributed by atoms with Crippen LogP contribution in [0.15, 0.2) is 48.9 Å². The second kappa shape index (κ2) is 9.56. The molecule has 167 valence electrons. The summed E-state index contributed by atoms with van der Waals surface area (Å²) in [4.78, 5) is 30.5. The highest BCUT2D eigenvalue weighted by atomic mass is 16.5. The van der Waals surface area contributed by atoms with E-state index in [4.69, 9.17) is 9.39 Å². The molecule has 2 aliphatic heterocycles. The minimum absolute atomic E-state index is 0.297. The van der Waals surface area contributed by atoms with Crippen LogP contribution in [0.4, 0.5) is 11.4 Å². The average molecular weight is 443 g/mol. The zero-order valence-corrected chi connectivity index (χ0v) is 18.4. The van der Waals surface area contributed by atoms with Crippen molar-refractivity contribution in [1.82, 2.24) is 19.8 Å². The molecule has 3 aromatic rings. The summed E-state index contributed by atoms with van der Waals surface area (Å²) in [5, 5.41) is 2.98. The minimum Gasteiger partial charge on any atom is -0.493 e. The first kappa shape index (κ1) is 21.4. The smallest absolute Gasteiger partial charge is 0.398 e. The molecular weight excluding hydrogens is 419 g/mol. The summed E-state index contributed by atoms with van der Waals surface area (Å²) in [7, 11) is 3.40. The van der Waals surface area contributed by atoms with Gasteiger partial charge in [0.05, 0.1) is 24.2 Å². The topological polar surface area (TPSA) is 92.7 Å². The molecule has 1 fully saturated rings. The number of rotatable bonds is 6. The van der Waals surface area contributed by atoms with Gasteiger partial charge < -0.3 is 24.4 Å². The lowest BCUT2D eigenvalue weighted by Gasteiger charge is -2.36. The van der Waals surface area contributed by atoms with Crippen LogP contribution < -0.4 is 15.0 Å². The molecule has 10 heteroatoms. The fourth-order valence-electron chi connectivity index (χ4n) is 4.11. The molecule has 0 saturated carbocycles. The Kier molecular flexibility index (Phi) is 6.18. The molecule has 0 atom stereocenters. The van der Waals surface area contributed by atoms with Gasteiger partial charge in [0.15, 0.2) is 5.82 Å². The molecule has 0 aliphatic carbocycles. The minimum atomic E-state index is -0.302. The first-order valence-corrected chi connectivity index (χ1v) is 10.9. The number of hydrogen-bond donors (Lipinski definition) is 1. The Morgan fingerprint density at radius 2 is 2.03 bits per heavy atom. The number of anilines is 2. The van der Waals surface area contributed by atoms with Gasteiger partial charge in [-0.15, -0.1) is 0 Å². The molecule has 5 rings (SSSR count). The van der Waals surface area contributed by atoms with Crippen molar-refractivity contribution in [3.05, 3.63) is 60.2 Å². The highest BCUT2D eigenvalue weighted by molar-refractivity contribution is 6.23. The number of pyridine rings is 1. The summed E-state index contributed by atoms with van der Waals surface area (Å²) in [6, 6.07) is 9.41. The van der Waals surface area contributed by atoms with Crippen LogP contribution in [-0.4, -0.2) is 73.2 Å². The maximum Gasteiger partial charge on any atom is 0.398 e. The standard InChI is InChI=1S/C23H24BN6O3/c1-32-24-30-11-9-29(10-12-30)20-5-7-25-15-19(20)28-23(31)18-4-8-26-22(27-18)17-2-3-21-16(14-17)6-13-33-21/h2-5,7-8,14-15H,6,9-13H2,1H3,(H,28,31). The predicted octanol–water partition coefficient (Wildman–Crippen LogP) is 2.03. The van der Waals surface area contributed by atoms with Gasteiger partial charge >= 0.3 is 7.62 Å². The number of ether oxygens (including phenoxy) is 1. The van der Waals surface area contributed by atoms with Crippen LogP contribution in [0.5, 0.6) is 5.75 Å². The van der Waals surface area contributed by atoms with Gasteiger partial charge in [-0.3, -0.25) is 9.78 Å². The molecule has 9 nitrogen and oxygen atoms in total. The Morgan fingerprint density at radius 3 is 2.88 bits per heavy atom. The van der Waals surface area contributed by atoms with Gasteiger partial charge in [-0.1, -0.05) is 0 Å². The third kappa shape index (κ3) is 4.67. The second-order valence-electron chi connectivity index (χ2n) is 7.90. The highest BCUT2D eigenvalue weighted by Gasteiger charge is 2.21. The Morgan fingerprint density at radius 1 is 1.15 bits per heavy atom. The fraction of sp³-hybridized carbons (Fsp3) is 0.304. The molecule has 1 aromatic carbocycles. The number of aromatic nitrogens is 3. The summed E-state index contributed by atoms with van der Waals surface area (Å²) in [6.07, 6.45) is 5.88. The molecule has 0 unspecified atom stereocenters. The number of nitrogens with zero attached hydrogens (tertiary/aromatic N) is 5. The summed E-state index contributed by atoms with van der Waals surface area (Å²) >= 11 is 0. The molecule has 1 amide bonds. The lowest BCUT2D eigenvalue weighted by atomic mass is 10.1. The normalized spacial score (nSPS) is 15.6. The molecule has 0 bridgehead atoms. The maximum atomic E-state index is 13.1. The predicted molar refractivity (Wildman–Crippen MR) is 125 cm³/mol. The van der Waals surface area contributed by atoms with Gasteiger partial charge in [-0.05, 0) is 35.9 Å². The van der Waals surface area contributed by atoms with Crippen molar-refractivity contribution in [2.45, 2.75) is 6.42 Å². The number of piperazine rings is 1. The number of carbonyl (C=O) groups is 1. The average Bonchev–Trinajstić information content (AvgIpc) is 3.33. The van der Waals surface area contributed by atoms with E-state index in [2.05, 4.69) is 30.0 Å². The Hall–Kier alpha value is -3.50. The fourth-order valence-corrected chi connectivity index (χ4v) is 4.11. The van der Waals surface area contributed by atoms with E-state index in [1.165, 1.54) is 0 Å². The van der Waals surface area contributed by atoms with Crippen LogP contribution in [-0.2, 0) is 11.1 Å². The third-order valence-electron chi connectivity index (χ3n) is 5.79. The van der Waals surface area contributed by atoms with Crippen LogP contribution in [0, 0.1) is 0 Å². The Bertz CT molecular complexity index is 1150. The van der Waals surface area contributed by atoms with Crippen LogP contribution in [0.3, 0.4) is 0 Å². The summed E-state index contributed by atoms with van der Waals surface area (Å²) in [5.41, 5.74) is 3.88. The zero-order chi connectivity index (χ0) is 22.6. The SMILES string of the molecule is CO[B]N1CCN(c2ccncc2NC(=O)c2ccnc(-c3ccc4c(c3)CCO4)n2)CC1. The van der Waals surface area contributed by atoms with Crippen molar-refractivity contribution in [3.63, 3.8) is 0 Å². The van der Waals surface area contributed by atoms with E-state index in [-0.39, 0.29) is 5.91 Å². The lowest BCUT2D eigenvalue weighted by molar-refractivity contribution is 0.102. The third-order valence-corrected chi connectivity index (χ3v) is 5.79. The molecule has 0 spiro atoms. The van der Waals surface area contributed by atoms with Crippen LogP contribution in [0.2, 0.25) is 0 Å². The summed E-state index contributed by atoms with van der Waals surface area (Å²) in [5.74, 6) is 1.11. The van der Waals surface area contributed by atoms with Crippen molar-refractivity contribution >= 4 is 24.9 Å². The lowest BCUT2D eigenvalue weighted by Crippen LogP contribution is -2.48. The molecule has 1 N–H and O–H groups in total. The van der Waals surface area contributed by atoms with Crippen molar-refractivity contribution in [2.24, 2.45) is 0 Å². The van der Waals surface area contributed by atoms with Crippen molar-refractivity contribution in [3.8, 4) is 17.1 Å². The molecule has 1 saturated heterocycles. The first-order valence-electron chi connectivity index (χ1n) is 10.9. The largest absolute Gasteiger partial charge is 0.493 e. The number of amides is 1. The summed E-state index contributed by atoms with van der Waals surface area (Å²) < 4.78 is 10.7. The number of benzene rings is 1. The number of carbonyl (C=O) groups excluding carboxylic acids is 1. The van der Waals surface area contributed by atoms with E-state index in [1.54, 1.807) is 39.4 Å². The molecule has 2 aliphatic rings. The van der Waals surface area contributed by atoms with E-state index in [0.717, 1.165) is 55.2 Å².